The number of amides is 1. The van der Waals surface area contributed by atoms with Gasteiger partial charge < -0.3 is 15.0 Å². The lowest BCUT2D eigenvalue weighted by Crippen LogP contribution is -2.32. The summed E-state index contributed by atoms with van der Waals surface area (Å²) in [4.78, 5) is 14.9. The van der Waals surface area contributed by atoms with Gasteiger partial charge in [-0.05, 0) is 74.2 Å². The van der Waals surface area contributed by atoms with Crippen LogP contribution >= 0.6 is 11.6 Å². The van der Waals surface area contributed by atoms with Crippen LogP contribution in [0.4, 0.5) is 11.4 Å². The third kappa shape index (κ3) is 4.92. The van der Waals surface area contributed by atoms with Crippen molar-refractivity contribution in [3.63, 3.8) is 0 Å². The van der Waals surface area contributed by atoms with Gasteiger partial charge in [-0.3, -0.25) is 4.79 Å². The van der Waals surface area contributed by atoms with Crippen LogP contribution in [0.1, 0.15) is 32.6 Å². The summed E-state index contributed by atoms with van der Waals surface area (Å²) in [5, 5.41) is 3.59. The van der Waals surface area contributed by atoms with E-state index in [1.165, 1.54) is 24.9 Å². The second-order valence-electron chi connectivity index (χ2n) is 6.55. The summed E-state index contributed by atoms with van der Waals surface area (Å²) >= 11 is 5.88. The van der Waals surface area contributed by atoms with Gasteiger partial charge in [-0.25, -0.2) is 0 Å². The largest absolute Gasteiger partial charge is 0.481 e. The molecular formula is C21H25ClN2O2. The summed E-state index contributed by atoms with van der Waals surface area (Å²) in [6.07, 6.45) is 3.85. The monoisotopic (exact) mass is 372 g/mol. The van der Waals surface area contributed by atoms with Gasteiger partial charge in [-0.1, -0.05) is 18.5 Å². The van der Waals surface area contributed by atoms with Crippen molar-refractivity contribution >= 4 is 28.9 Å². The van der Waals surface area contributed by atoms with E-state index in [1.807, 2.05) is 19.1 Å². The zero-order valence-electron chi connectivity index (χ0n) is 15.1. The summed E-state index contributed by atoms with van der Waals surface area (Å²) in [6, 6.07) is 15.1. The zero-order chi connectivity index (χ0) is 18.4. The molecule has 3 rings (SSSR count). The van der Waals surface area contributed by atoms with Crippen molar-refractivity contribution < 1.29 is 9.53 Å². The molecule has 1 aliphatic rings. The van der Waals surface area contributed by atoms with Gasteiger partial charge in [0.25, 0.3) is 5.91 Å². The molecule has 4 nitrogen and oxygen atoms in total. The number of anilines is 2. The van der Waals surface area contributed by atoms with Gasteiger partial charge in [0.2, 0.25) is 0 Å². The molecule has 0 unspecified atom stereocenters. The number of rotatable bonds is 6. The lowest BCUT2D eigenvalue weighted by Gasteiger charge is -2.28. The fraction of sp³-hybridized carbons (Fsp3) is 0.381. The number of nitrogens with zero attached hydrogens (tertiary/aromatic N) is 1. The maximum absolute atomic E-state index is 12.5. The number of nitrogens with one attached hydrogen (secondary N) is 1. The van der Waals surface area contributed by atoms with Crippen LogP contribution in [0.2, 0.25) is 5.02 Å². The third-order valence-electron chi connectivity index (χ3n) is 4.61. The van der Waals surface area contributed by atoms with E-state index < -0.39 is 6.10 Å². The lowest BCUT2D eigenvalue weighted by molar-refractivity contribution is -0.122. The third-order valence-corrected chi connectivity index (χ3v) is 4.86. The van der Waals surface area contributed by atoms with E-state index in [-0.39, 0.29) is 5.91 Å². The van der Waals surface area contributed by atoms with Crippen molar-refractivity contribution in [1.82, 2.24) is 0 Å². The molecule has 5 heteroatoms. The summed E-state index contributed by atoms with van der Waals surface area (Å²) in [5.41, 5.74) is 2.00. The first-order valence-corrected chi connectivity index (χ1v) is 9.61. The van der Waals surface area contributed by atoms with Crippen molar-refractivity contribution in [2.45, 2.75) is 38.7 Å². The second-order valence-corrected chi connectivity index (χ2v) is 6.99. The maximum Gasteiger partial charge on any atom is 0.265 e. The minimum Gasteiger partial charge on any atom is -0.481 e. The molecule has 0 bridgehead atoms. The van der Waals surface area contributed by atoms with E-state index >= 15 is 0 Å². The average Bonchev–Trinajstić information content (AvgIpc) is 2.68. The van der Waals surface area contributed by atoms with Crippen molar-refractivity contribution in [1.29, 1.82) is 0 Å². The van der Waals surface area contributed by atoms with Gasteiger partial charge in [-0.15, -0.1) is 0 Å². The van der Waals surface area contributed by atoms with Crippen molar-refractivity contribution in [3.05, 3.63) is 53.6 Å². The molecule has 0 aliphatic carbocycles. The highest BCUT2D eigenvalue weighted by Gasteiger charge is 2.19. The Labute approximate surface area is 160 Å². The fourth-order valence-electron chi connectivity index (χ4n) is 3.13. The van der Waals surface area contributed by atoms with Gasteiger partial charge in [0.1, 0.15) is 5.75 Å². The number of hydrogen-bond donors (Lipinski definition) is 1. The van der Waals surface area contributed by atoms with Gasteiger partial charge >= 0.3 is 0 Å². The molecule has 0 radical (unpaired) electrons. The second kappa shape index (κ2) is 8.95. The molecule has 0 spiro atoms. The Morgan fingerprint density at radius 2 is 1.73 bits per heavy atom. The van der Waals surface area contributed by atoms with Crippen LogP contribution in [0.5, 0.6) is 5.75 Å². The molecule has 1 aliphatic heterocycles. The van der Waals surface area contributed by atoms with Crippen molar-refractivity contribution in [2.24, 2.45) is 0 Å². The van der Waals surface area contributed by atoms with Gasteiger partial charge in [0.05, 0.1) is 0 Å². The van der Waals surface area contributed by atoms with E-state index in [0.717, 1.165) is 18.8 Å². The quantitative estimate of drug-likeness (QED) is 0.764. The summed E-state index contributed by atoms with van der Waals surface area (Å²) in [6.45, 7) is 4.15. The maximum atomic E-state index is 12.5. The highest BCUT2D eigenvalue weighted by molar-refractivity contribution is 6.30. The standard InChI is InChI=1S/C21H25ClN2O2/c1-2-20(26-19-12-6-16(22)7-13-19)21(25)23-17-8-10-18(11-9-17)24-14-4-3-5-15-24/h6-13,20H,2-5,14-15H2,1H3,(H,23,25)/t20-/m0/s1. The Kier molecular flexibility index (Phi) is 6.40. The van der Waals surface area contributed by atoms with E-state index in [4.69, 9.17) is 16.3 Å². The first-order chi connectivity index (χ1) is 12.7. The van der Waals surface area contributed by atoms with Crippen LogP contribution in [0.3, 0.4) is 0 Å². The van der Waals surface area contributed by atoms with Gasteiger partial charge in [0.15, 0.2) is 6.10 Å². The zero-order valence-corrected chi connectivity index (χ0v) is 15.8. The molecule has 1 heterocycles. The van der Waals surface area contributed by atoms with Crippen LogP contribution in [0.15, 0.2) is 48.5 Å². The van der Waals surface area contributed by atoms with E-state index in [2.05, 4.69) is 22.3 Å². The number of hydrogen-bond acceptors (Lipinski definition) is 3. The van der Waals surface area contributed by atoms with Crippen LogP contribution < -0.4 is 15.0 Å². The van der Waals surface area contributed by atoms with Gasteiger partial charge in [-0.2, -0.15) is 0 Å². The number of halogens is 1. The van der Waals surface area contributed by atoms with E-state index in [9.17, 15) is 4.79 Å². The molecule has 26 heavy (non-hydrogen) atoms. The molecular weight excluding hydrogens is 348 g/mol. The Morgan fingerprint density at radius 1 is 1.08 bits per heavy atom. The number of benzene rings is 2. The highest BCUT2D eigenvalue weighted by Crippen LogP contribution is 2.22. The van der Waals surface area contributed by atoms with Crippen molar-refractivity contribution in [3.8, 4) is 5.75 Å². The summed E-state index contributed by atoms with van der Waals surface area (Å²) in [5.74, 6) is 0.491. The summed E-state index contributed by atoms with van der Waals surface area (Å²) in [7, 11) is 0. The Bertz CT molecular complexity index is 710. The number of ether oxygens (including phenoxy) is 1. The average molecular weight is 373 g/mol. The number of carbonyl (C=O) groups excluding carboxylic acids is 1. The summed E-state index contributed by atoms with van der Waals surface area (Å²) < 4.78 is 5.79. The Morgan fingerprint density at radius 3 is 2.35 bits per heavy atom. The normalized spacial score (nSPS) is 15.4. The Balaban J connectivity index is 1.59. The molecule has 1 N–H and O–H groups in total. The minimum absolute atomic E-state index is 0.145. The minimum atomic E-state index is -0.544. The van der Waals surface area contributed by atoms with Crippen LogP contribution in [0.25, 0.3) is 0 Å². The molecule has 0 saturated carbocycles. The Hall–Kier alpha value is -2.20. The smallest absolute Gasteiger partial charge is 0.265 e. The molecule has 1 atom stereocenters. The lowest BCUT2D eigenvalue weighted by atomic mass is 10.1. The van der Waals surface area contributed by atoms with E-state index in [1.54, 1.807) is 24.3 Å². The topological polar surface area (TPSA) is 41.6 Å². The molecule has 2 aromatic rings. The first kappa shape index (κ1) is 18.6. The van der Waals surface area contributed by atoms with Crippen LogP contribution in [0, 0.1) is 0 Å². The first-order valence-electron chi connectivity index (χ1n) is 9.24. The van der Waals surface area contributed by atoms with Crippen LogP contribution in [-0.4, -0.2) is 25.1 Å². The number of piperidine rings is 1. The fourth-order valence-corrected chi connectivity index (χ4v) is 3.26. The molecule has 1 saturated heterocycles. The van der Waals surface area contributed by atoms with Crippen molar-refractivity contribution in [2.75, 3.05) is 23.3 Å². The molecule has 2 aromatic carbocycles. The predicted octanol–water partition coefficient (Wildman–Crippen LogP) is 5.13. The molecule has 138 valence electrons. The number of carbonyl (C=O) groups is 1. The molecule has 1 fully saturated rings. The van der Waals surface area contributed by atoms with E-state index in [0.29, 0.717) is 17.2 Å². The highest BCUT2D eigenvalue weighted by atomic mass is 35.5. The molecule has 0 aromatic heterocycles. The van der Waals surface area contributed by atoms with Crippen LogP contribution in [-0.2, 0) is 4.79 Å². The molecule has 1 amide bonds. The predicted molar refractivity (Wildman–Crippen MR) is 107 cm³/mol. The van der Waals surface area contributed by atoms with Gasteiger partial charge in [0, 0.05) is 29.5 Å². The SMILES string of the molecule is CC[C@H](Oc1ccc(Cl)cc1)C(=O)Nc1ccc(N2CCCCC2)cc1.